The van der Waals surface area contributed by atoms with E-state index in [1.807, 2.05) is 30.3 Å². The lowest BCUT2D eigenvalue weighted by atomic mass is 9.97. The Morgan fingerprint density at radius 1 is 1.18 bits per heavy atom. The van der Waals surface area contributed by atoms with Gasteiger partial charge in [-0.25, -0.2) is 4.79 Å². The van der Waals surface area contributed by atoms with Gasteiger partial charge in [-0.1, -0.05) is 30.3 Å². The van der Waals surface area contributed by atoms with Crippen LogP contribution in [0, 0.1) is 17.0 Å². The first-order valence-electron chi connectivity index (χ1n) is 8.66. The van der Waals surface area contributed by atoms with Gasteiger partial charge in [-0.15, -0.1) is 0 Å². The van der Waals surface area contributed by atoms with Crippen molar-refractivity contribution in [3.63, 3.8) is 0 Å². The van der Waals surface area contributed by atoms with E-state index < -0.39 is 10.9 Å². The van der Waals surface area contributed by atoms with Crippen molar-refractivity contribution < 1.29 is 23.6 Å². The van der Waals surface area contributed by atoms with Gasteiger partial charge in [0.05, 0.1) is 18.6 Å². The Hall–Kier alpha value is -3.61. The van der Waals surface area contributed by atoms with E-state index >= 15 is 0 Å². The molecule has 0 atom stereocenters. The average Bonchev–Trinajstić information content (AvgIpc) is 3.05. The number of ether oxygens (including phenoxy) is 2. The van der Waals surface area contributed by atoms with Crippen LogP contribution in [0.1, 0.15) is 23.0 Å². The number of esters is 1. The van der Waals surface area contributed by atoms with Crippen LogP contribution in [0.3, 0.4) is 0 Å². The van der Waals surface area contributed by atoms with Crippen molar-refractivity contribution in [1.29, 1.82) is 0 Å². The molecule has 0 aliphatic heterocycles. The van der Waals surface area contributed by atoms with Crippen LogP contribution in [-0.4, -0.2) is 24.6 Å². The molecular weight excluding hydrogens is 362 g/mol. The summed E-state index contributed by atoms with van der Waals surface area (Å²) in [5.41, 5.74) is 1.60. The van der Waals surface area contributed by atoms with Gasteiger partial charge < -0.3 is 13.9 Å². The molecule has 0 unspecified atom stereocenters. The van der Waals surface area contributed by atoms with Crippen LogP contribution in [0.2, 0.25) is 0 Å². The normalized spacial score (nSPS) is 10.5. The quantitative estimate of drug-likeness (QED) is 0.338. The number of benzene rings is 2. The maximum Gasteiger partial charge on any atom is 0.342 e. The summed E-state index contributed by atoms with van der Waals surface area (Å²) >= 11 is 0. The molecule has 7 heteroatoms. The summed E-state index contributed by atoms with van der Waals surface area (Å²) in [7, 11) is 1.46. The minimum Gasteiger partial charge on any atom is -0.496 e. The summed E-state index contributed by atoms with van der Waals surface area (Å²) in [4.78, 5) is 23.6. The number of aryl methyl sites for hydroxylation is 1. The number of methoxy groups -OCH3 is 1. The van der Waals surface area contributed by atoms with E-state index in [2.05, 4.69) is 0 Å². The number of nitrogens with zero attached hydrogens (tertiary/aromatic N) is 1. The molecule has 0 fully saturated rings. The molecule has 0 spiro atoms. The predicted octanol–water partition coefficient (Wildman–Crippen LogP) is 5.02. The molecule has 0 saturated carbocycles. The molecule has 3 rings (SSSR count). The minimum atomic E-state index is -0.568. The number of carbonyl (C=O) groups is 1. The third-order valence-corrected chi connectivity index (χ3v) is 4.26. The van der Waals surface area contributed by atoms with Gasteiger partial charge in [0.15, 0.2) is 0 Å². The highest BCUT2D eigenvalue weighted by Gasteiger charge is 2.29. The lowest BCUT2D eigenvalue weighted by molar-refractivity contribution is -0.384. The number of carbonyl (C=O) groups excluding carboxylic acids is 1. The Bertz CT molecular complexity index is 1020. The van der Waals surface area contributed by atoms with E-state index in [1.165, 1.54) is 25.3 Å². The lowest BCUT2D eigenvalue weighted by Gasteiger charge is -2.10. The maximum atomic E-state index is 12.8. The fraction of sp³-hybridized carbons (Fsp3) is 0.190. The van der Waals surface area contributed by atoms with Crippen molar-refractivity contribution >= 4 is 11.7 Å². The number of furan rings is 1. The topological polar surface area (TPSA) is 91.8 Å². The zero-order valence-electron chi connectivity index (χ0n) is 15.7. The van der Waals surface area contributed by atoms with Crippen LogP contribution >= 0.6 is 0 Å². The standard InChI is InChI=1S/C21H19NO6/c1-4-27-21(23)19-18(13(2)28-20(19)14-8-6-5-7-9-14)16-12-15(22(24)25)10-11-17(16)26-3/h5-12H,4H2,1-3H3. The fourth-order valence-corrected chi connectivity index (χ4v) is 3.06. The summed E-state index contributed by atoms with van der Waals surface area (Å²) < 4.78 is 16.6. The first-order valence-corrected chi connectivity index (χ1v) is 8.66. The van der Waals surface area contributed by atoms with E-state index in [4.69, 9.17) is 13.9 Å². The second-order valence-electron chi connectivity index (χ2n) is 5.97. The average molecular weight is 381 g/mol. The van der Waals surface area contributed by atoms with Crippen LogP contribution in [0.5, 0.6) is 5.75 Å². The summed E-state index contributed by atoms with van der Waals surface area (Å²) in [5, 5.41) is 11.3. The SMILES string of the molecule is CCOC(=O)c1c(-c2ccccc2)oc(C)c1-c1cc([N+](=O)[O-])ccc1OC. The van der Waals surface area contributed by atoms with Crippen molar-refractivity contribution in [2.24, 2.45) is 0 Å². The number of nitro benzene ring substituents is 1. The van der Waals surface area contributed by atoms with Gasteiger partial charge in [-0.05, 0) is 19.9 Å². The predicted molar refractivity (Wildman–Crippen MR) is 103 cm³/mol. The fourth-order valence-electron chi connectivity index (χ4n) is 3.06. The molecule has 7 nitrogen and oxygen atoms in total. The molecular formula is C21H19NO6. The Labute approximate surface area is 161 Å². The van der Waals surface area contributed by atoms with Gasteiger partial charge in [0.1, 0.15) is 22.8 Å². The smallest absolute Gasteiger partial charge is 0.342 e. The summed E-state index contributed by atoms with van der Waals surface area (Å²) in [6.45, 7) is 3.59. The van der Waals surface area contributed by atoms with E-state index in [0.29, 0.717) is 34.0 Å². The molecule has 144 valence electrons. The summed E-state index contributed by atoms with van der Waals surface area (Å²) in [5.74, 6) is 0.599. The van der Waals surface area contributed by atoms with Crippen LogP contribution < -0.4 is 4.74 Å². The molecule has 0 N–H and O–H groups in total. The van der Waals surface area contributed by atoms with Gasteiger partial charge in [-0.2, -0.15) is 0 Å². The lowest BCUT2D eigenvalue weighted by Crippen LogP contribution is -2.07. The molecule has 0 aliphatic rings. The zero-order chi connectivity index (χ0) is 20.3. The van der Waals surface area contributed by atoms with E-state index in [9.17, 15) is 14.9 Å². The van der Waals surface area contributed by atoms with Gasteiger partial charge >= 0.3 is 5.97 Å². The van der Waals surface area contributed by atoms with Crippen LogP contribution in [-0.2, 0) is 4.74 Å². The number of non-ortho nitro benzene ring substituents is 1. The van der Waals surface area contributed by atoms with Gasteiger partial charge in [0.25, 0.3) is 5.69 Å². The number of nitro groups is 1. The molecule has 0 saturated heterocycles. The molecule has 0 radical (unpaired) electrons. The van der Waals surface area contributed by atoms with Crippen molar-refractivity contribution in [1.82, 2.24) is 0 Å². The monoisotopic (exact) mass is 381 g/mol. The molecule has 2 aromatic carbocycles. The largest absolute Gasteiger partial charge is 0.496 e. The second kappa shape index (κ2) is 7.96. The van der Waals surface area contributed by atoms with Crippen molar-refractivity contribution in [3.8, 4) is 28.2 Å². The highest BCUT2D eigenvalue weighted by atomic mass is 16.6. The Morgan fingerprint density at radius 2 is 1.89 bits per heavy atom. The highest BCUT2D eigenvalue weighted by Crippen LogP contribution is 2.43. The molecule has 0 bridgehead atoms. The molecule has 28 heavy (non-hydrogen) atoms. The minimum absolute atomic E-state index is 0.118. The Kier molecular flexibility index (Phi) is 5.44. The maximum absolute atomic E-state index is 12.8. The van der Waals surface area contributed by atoms with Gasteiger partial charge in [0, 0.05) is 28.8 Å². The molecule has 3 aromatic rings. The Morgan fingerprint density at radius 3 is 2.50 bits per heavy atom. The number of hydrogen-bond donors (Lipinski definition) is 0. The first kappa shape index (κ1) is 19.2. The summed E-state index contributed by atoms with van der Waals surface area (Å²) in [6.07, 6.45) is 0. The molecule has 0 aliphatic carbocycles. The number of hydrogen-bond acceptors (Lipinski definition) is 6. The third-order valence-electron chi connectivity index (χ3n) is 4.26. The second-order valence-corrected chi connectivity index (χ2v) is 5.97. The van der Waals surface area contributed by atoms with Crippen LogP contribution in [0.15, 0.2) is 52.9 Å². The zero-order valence-corrected chi connectivity index (χ0v) is 15.7. The molecule has 1 heterocycles. The van der Waals surface area contributed by atoms with Gasteiger partial charge in [-0.3, -0.25) is 10.1 Å². The number of rotatable bonds is 6. The highest BCUT2D eigenvalue weighted by molar-refractivity contribution is 6.04. The van der Waals surface area contributed by atoms with Crippen molar-refractivity contribution in [3.05, 3.63) is 70.0 Å². The third kappa shape index (κ3) is 3.46. The van der Waals surface area contributed by atoms with E-state index in [-0.39, 0.29) is 17.9 Å². The van der Waals surface area contributed by atoms with Crippen molar-refractivity contribution in [2.75, 3.05) is 13.7 Å². The first-order chi connectivity index (χ1) is 13.5. The molecule has 0 amide bonds. The van der Waals surface area contributed by atoms with Crippen LogP contribution in [0.4, 0.5) is 5.69 Å². The van der Waals surface area contributed by atoms with Gasteiger partial charge in [0.2, 0.25) is 0 Å². The Balaban J connectivity index is 2.33. The van der Waals surface area contributed by atoms with Crippen molar-refractivity contribution in [2.45, 2.75) is 13.8 Å². The van der Waals surface area contributed by atoms with E-state index in [1.54, 1.807) is 13.8 Å². The molecule has 1 aromatic heterocycles. The van der Waals surface area contributed by atoms with E-state index in [0.717, 1.165) is 0 Å². The summed E-state index contributed by atoms with van der Waals surface area (Å²) in [6, 6.07) is 13.4. The van der Waals surface area contributed by atoms with Crippen LogP contribution in [0.25, 0.3) is 22.5 Å².